The van der Waals surface area contributed by atoms with Crippen molar-refractivity contribution < 1.29 is 10.2 Å². The molecule has 32 heavy (non-hydrogen) atoms. The summed E-state index contributed by atoms with van der Waals surface area (Å²) in [6.07, 6.45) is 3.51. The number of hydrogen-bond donors (Lipinski definition) is 2. The predicted molar refractivity (Wildman–Crippen MR) is 125 cm³/mol. The van der Waals surface area contributed by atoms with Crippen molar-refractivity contribution in [2.75, 3.05) is 0 Å². The molecule has 2 N–H and O–H groups in total. The second-order valence-corrected chi connectivity index (χ2v) is 7.37. The molecule has 0 aliphatic carbocycles. The molecule has 5 heteroatoms. The molecule has 3 aromatic heterocycles. The third kappa shape index (κ3) is 4.04. The summed E-state index contributed by atoms with van der Waals surface area (Å²) in [6.45, 7) is 0. The number of hydrogen-bond acceptors (Lipinski definition) is 5. The second-order valence-electron chi connectivity index (χ2n) is 7.37. The van der Waals surface area contributed by atoms with Gasteiger partial charge in [0.15, 0.2) is 0 Å². The van der Waals surface area contributed by atoms with Crippen molar-refractivity contribution in [3.63, 3.8) is 0 Å². The van der Waals surface area contributed by atoms with E-state index in [2.05, 4.69) is 9.97 Å². The van der Waals surface area contributed by atoms with Crippen LogP contribution in [-0.4, -0.2) is 25.2 Å². The minimum Gasteiger partial charge on any atom is -0.508 e. The van der Waals surface area contributed by atoms with E-state index in [1.807, 2.05) is 72.8 Å². The van der Waals surface area contributed by atoms with Gasteiger partial charge in [-0.05, 0) is 70.8 Å². The molecule has 0 spiro atoms. The van der Waals surface area contributed by atoms with E-state index in [-0.39, 0.29) is 11.5 Å². The SMILES string of the molecule is Oc1cc(O)cc(-c2ccc(-c3cc(-c4ccccn4)nc(-c4ccccn4)c3)cc2)c1. The Hall–Kier alpha value is -4.51. The largest absolute Gasteiger partial charge is 0.508 e. The van der Waals surface area contributed by atoms with Crippen LogP contribution in [0, 0.1) is 0 Å². The maximum absolute atomic E-state index is 9.79. The summed E-state index contributed by atoms with van der Waals surface area (Å²) in [5.74, 6) is 0.0523. The summed E-state index contributed by atoms with van der Waals surface area (Å²) in [5.41, 5.74) is 6.76. The van der Waals surface area contributed by atoms with E-state index >= 15 is 0 Å². The predicted octanol–water partition coefficient (Wildman–Crippen LogP) is 5.95. The lowest BCUT2D eigenvalue weighted by molar-refractivity contribution is 0.451. The maximum Gasteiger partial charge on any atom is 0.119 e. The molecule has 0 radical (unpaired) electrons. The Morgan fingerprint density at radius 3 is 1.34 bits per heavy atom. The first-order valence-electron chi connectivity index (χ1n) is 10.1. The van der Waals surface area contributed by atoms with Crippen LogP contribution >= 0.6 is 0 Å². The number of phenols is 2. The van der Waals surface area contributed by atoms with Gasteiger partial charge in [0.2, 0.25) is 0 Å². The summed E-state index contributed by atoms with van der Waals surface area (Å²) in [5, 5.41) is 19.6. The van der Waals surface area contributed by atoms with Gasteiger partial charge >= 0.3 is 0 Å². The summed E-state index contributed by atoms with van der Waals surface area (Å²) >= 11 is 0. The van der Waals surface area contributed by atoms with E-state index in [1.165, 1.54) is 6.07 Å². The standard InChI is InChI=1S/C27H19N3O2/c31-22-13-20(14-23(32)17-22)18-7-9-19(10-8-18)21-15-26(24-5-1-3-11-28-24)30-27(16-21)25-6-2-4-12-29-25/h1-17,31-32H. The van der Waals surface area contributed by atoms with Gasteiger partial charge in [0.25, 0.3) is 0 Å². The van der Waals surface area contributed by atoms with Crippen LogP contribution in [0.25, 0.3) is 45.0 Å². The fourth-order valence-electron chi connectivity index (χ4n) is 3.61. The van der Waals surface area contributed by atoms with Crippen LogP contribution in [0.4, 0.5) is 0 Å². The van der Waals surface area contributed by atoms with E-state index in [4.69, 9.17) is 4.98 Å². The number of pyridine rings is 3. The number of phenolic OH excluding ortho intramolecular Hbond substituents is 2. The molecule has 154 valence electrons. The highest BCUT2D eigenvalue weighted by molar-refractivity contribution is 5.77. The molecule has 3 heterocycles. The summed E-state index contributed by atoms with van der Waals surface area (Å²) in [7, 11) is 0. The molecule has 0 unspecified atom stereocenters. The van der Waals surface area contributed by atoms with E-state index < -0.39 is 0 Å². The van der Waals surface area contributed by atoms with Gasteiger partial charge in [-0.25, -0.2) is 4.98 Å². The van der Waals surface area contributed by atoms with Crippen molar-refractivity contribution >= 4 is 0 Å². The Morgan fingerprint density at radius 2 is 0.906 bits per heavy atom. The highest BCUT2D eigenvalue weighted by Crippen LogP contribution is 2.32. The number of benzene rings is 2. The molecule has 0 bridgehead atoms. The fraction of sp³-hybridized carbons (Fsp3) is 0. The molecular formula is C27H19N3O2. The van der Waals surface area contributed by atoms with E-state index in [0.717, 1.165) is 45.0 Å². The smallest absolute Gasteiger partial charge is 0.119 e. The van der Waals surface area contributed by atoms with Crippen LogP contribution < -0.4 is 0 Å². The fourth-order valence-corrected chi connectivity index (χ4v) is 3.61. The first-order valence-corrected chi connectivity index (χ1v) is 10.1. The number of nitrogens with zero attached hydrogens (tertiary/aromatic N) is 3. The van der Waals surface area contributed by atoms with Crippen molar-refractivity contribution in [1.29, 1.82) is 0 Å². The Bertz CT molecular complexity index is 1290. The van der Waals surface area contributed by atoms with Crippen molar-refractivity contribution in [3.8, 4) is 56.5 Å². The highest BCUT2D eigenvalue weighted by Gasteiger charge is 2.11. The van der Waals surface area contributed by atoms with E-state index in [1.54, 1.807) is 24.5 Å². The molecule has 0 aliphatic heterocycles. The zero-order valence-corrected chi connectivity index (χ0v) is 17.1. The van der Waals surface area contributed by atoms with E-state index in [0.29, 0.717) is 0 Å². The van der Waals surface area contributed by atoms with Gasteiger partial charge in [0, 0.05) is 18.5 Å². The monoisotopic (exact) mass is 417 g/mol. The second kappa shape index (κ2) is 8.32. The van der Waals surface area contributed by atoms with Crippen LogP contribution in [0.1, 0.15) is 0 Å². The molecule has 0 aliphatic rings. The topological polar surface area (TPSA) is 79.1 Å². The molecule has 2 aromatic carbocycles. The first-order chi connectivity index (χ1) is 15.7. The maximum atomic E-state index is 9.79. The minimum atomic E-state index is 0.0261. The number of aromatic nitrogens is 3. The Labute approximate surface area is 185 Å². The van der Waals surface area contributed by atoms with Gasteiger partial charge in [-0.15, -0.1) is 0 Å². The Kier molecular flexibility index (Phi) is 5.06. The quantitative estimate of drug-likeness (QED) is 0.378. The van der Waals surface area contributed by atoms with Gasteiger partial charge in [-0.2, -0.15) is 0 Å². The van der Waals surface area contributed by atoms with Crippen molar-refractivity contribution in [1.82, 2.24) is 15.0 Å². The van der Waals surface area contributed by atoms with Gasteiger partial charge in [-0.1, -0.05) is 36.4 Å². The molecule has 0 amide bonds. The lowest BCUT2D eigenvalue weighted by Gasteiger charge is -2.10. The normalized spacial score (nSPS) is 10.8. The molecule has 5 nitrogen and oxygen atoms in total. The van der Waals surface area contributed by atoms with E-state index in [9.17, 15) is 10.2 Å². The van der Waals surface area contributed by atoms with Gasteiger partial charge < -0.3 is 10.2 Å². The lowest BCUT2D eigenvalue weighted by atomic mass is 9.98. The summed E-state index contributed by atoms with van der Waals surface area (Å²) in [6, 6.07) is 28.1. The Balaban J connectivity index is 1.59. The third-order valence-corrected chi connectivity index (χ3v) is 5.13. The Morgan fingerprint density at radius 1 is 0.438 bits per heavy atom. The van der Waals surface area contributed by atoms with Crippen LogP contribution in [0.5, 0.6) is 11.5 Å². The van der Waals surface area contributed by atoms with Crippen LogP contribution in [-0.2, 0) is 0 Å². The van der Waals surface area contributed by atoms with Crippen molar-refractivity contribution in [3.05, 3.63) is 103 Å². The highest BCUT2D eigenvalue weighted by atomic mass is 16.3. The molecule has 5 rings (SSSR count). The van der Waals surface area contributed by atoms with Gasteiger partial charge in [-0.3, -0.25) is 9.97 Å². The summed E-state index contributed by atoms with van der Waals surface area (Å²) < 4.78 is 0. The molecule has 0 saturated carbocycles. The van der Waals surface area contributed by atoms with Crippen LogP contribution in [0.3, 0.4) is 0 Å². The van der Waals surface area contributed by atoms with Gasteiger partial charge in [0.1, 0.15) is 11.5 Å². The van der Waals surface area contributed by atoms with Crippen LogP contribution in [0.15, 0.2) is 103 Å². The average molecular weight is 417 g/mol. The minimum absolute atomic E-state index is 0.0261. The molecule has 0 atom stereocenters. The summed E-state index contributed by atoms with van der Waals surface area (Å²) in [4.78, 5) is 13.7. The third-order valence-electron chi connectivity index (χ3n) is 5.13. The zero-order valence-electron chi connectivity index (χ0n) is 17.1. The van der Waals surface area contributed by atoms with Crippen molar-refractivity contribution in [2.45, 2.75) is 0 Å². The molecule has 0 fully saturated rings. The molecule has 5 aromatic rings. The molecular weight excluding hydrogens is 398 g/mol. The number of rotatable bonds is 4. The zero-order chi connectivity index (χ0) is 21.9. The first kappa shape index (κ1) is 19.5. The number of aromatic hydroxyl groups is 2. The van der Waals surface area contributed by atoms with Gasteiger partial charge in [0.05, 0.1) is 22.8 Å². The van der Waals surface area contributed by atoms with Crippen LogP contribution in [0.2, 0.25) is 0 Å². The lowest BCUT2D eigenvalue weighted by Crippen LogP contribution is -1.93. The van der Waals surface area contributed by atoms with Crippen molar-refractivity contribution in [2.24, 2.45) is 0 Å². The molecule has 0 saturated heterocycles. The average Bonchev–Trinajstić information content (AvgIpc) is 2.84.